The molecule has 4 rings (SSSR count). The largest absolute Gasteiger partial charge is 0.309 e. The van der Waals surface area contributed by atoms with Crippen LogP contribution in [0.25, 0.3) is 21.1 Å². The summed E-state index contributed by atoms with van der Waals surface area (Å²) in [5.74, 6) is 1.22. The van der Waals surface area contributed by atoms with Gasteiger partial charge in [-0.05, 0) is 36.8 Å². The van der Waals surface area contributed by atoms with E-state index in [9.17, 15) is 4.79 Å². The molecule has 2 aromatic heterocycles. The summed E-state index contributed by atoms with van der Waals surface area (Å²) in [6.07, 6.45) is 0. The Morgan fingerprint density at radius 2 is 2.12 bits per heavy atom. The Hall–Kier alpha value is -1.89. The molecule has 2 heterocycles. The smallest absolute Gasteiger partial charge is 0.258 e. The van der Waals surface area contributed by atoms with Gasteiger partial charge in [0.25, 0.3) is 5.56 Å². The van der Waals surface area contributed by atoms with E-state index >= 15 is 0 Å². The fourth-order valence-corrected chi connectivity index (χ4v) is 4.58. The lowest BCUT2D eigenvalue weighted by molar-refractivity contribution is 1.03. The van der Waals surface area contributed by atoms with Gasteiger partial charge >= 0.3 is 0 Å². The highest BCUT2D eigenvalue weighted by molar-refractivity contribution is 8.00. The summed E-state index contributed by atoms with van der Waals surface area (Å²) in [6.45, 7) is 1.96. The van der Waals surface area contributed by atoms with Crippen molar-refractivity contribution in [1.82, 2.24) is 15.0 Å². The van der Waals surface area contributed by atoms with Gasteiger partial charge in [-0.2, -0.15) is 0 Å². The van der Waals surface area contributed by atoms with Gasteiger partial charge in [0.2, 0.25) is 0 Å². The molecule has 1 N–H and O–H groups in total. The van der Waals surface area contributed by atoms with Crippen LogP contribution in [0.15, 0.2) is 45.5 Å². The van der Waals surface area contributed by atoms with E-state index in [1.165, 1.54) is 0 Å². The fourth-order valence-electron chi connectivity index (χ4n) is 2.49. The molecule has 0 radical (unpaired) electrons. The second kappa shape index (κ2) is 6.20. The van der Waals surface area contributed by atoms with E-state index in [2.05, 4.69) is 15.0 Å². The number of para-hydroxylation sites is 1. The van der Waals surface area contributed by atoms with Crippen molar-refractivity contribution in [3.63, 3.8) is 0 Å². The molecule has 0 amide bonds. The molecule has 0 atom stereocenters. The number of rotatable bonds is 3. The Labute approximate surface area is 150 Å². The van der Waals surface area contributed by atoms with Crippen molar-refractivity contribution in [1.29, 1.82) is 0 Å². The zero-order valence-corrected chi connectivity index (χ0v) is 15.1. The number of hydrogen-bond acceptors (Lipinski definition) is 5. The molecule has 0 aliphatic heterocycles. The Bertz CT molecular complexity index is 1120. The number of halogens is 1. The first kappa shape index (κ1) is 15.6. The lowest BCUT2D eigenvalue weighted by atomic mass is 10.1. The Kier molecular flexibility index (Phi) is 4.04. The van der Waals surface area contributed by atoms with Gasteiger partial charge in [-0.1, -0.05) is 35.5 Å². The van der Waals surface area contributed by atoms with Crippen molar-refractivity contribution in [2.45, 2.75) is 17.0 Å². The average molecular weight is 374 g/mol. The van der Waals surface area contributed by atoms with Gasteiger partial charge in [0.05, 0.1) is 26.9 Å². The van der Waals surface area contributed by atoms with Gasteiger partial charge in [-0.15, -0.1) is 11.3 Å². The van der Waals surface area contributed by atoms with E-state index in [-0.39, 0.29) is 5.56 Å². The second-order valence-electron chi connectivity index (χ2n) is 5.36. The van der Waals surface area contributed by atoms with Gasteiger partial charge in [-0.3, -0.25) is 4.79 Å². The molecule has 24 heavy (non-hydrogen) atoms. The number of nitrogens with zero attached hydrogens (tertiary/aromatic N) is 2. The molecule has 0 spiro atoms. The molecule has 4 aromatic rings. The summed E-state index contributed by atoms with van der Waals surface area (Å²) < 4.78 is 2.03. The number of thioether (sulfide) groups is 1. The first-order valence-electron chi connectivity index (χ1n) is 7.27. The standard InChI is InChI=1S/C17H12ClN3OS2/c1-9-3-2-4-11-15(9)20-14(21-16(11)22)8-23-17-19-12-7-10(18)5-6-13(12)24-17/h2-7H,8H2,1H3,(H,20,21,22). The predicted molar refractivity (Wildman–Crippen MR) is 101 cm³/mol. The van der Waals surface area contributed by atoms with E-state index in [1.807, 2.05) is 37.3 Å². The van der Waals surface area contributed by atoms with Crippen molar-refractivity contribution in [3.05, 3.63) is 63.2 Å². The molecule has 0 aliphatic carbocycles. The van der Waals surface area contributed by atoms with E-state index < -0.39 is 0 Å². The summed E-state index contributed by atoms with van der Waals surface area (Å²) in [4.78, 5) is 24.2. The Morgan fingerprint density at radius 1 is 1.25 bits per heavy atom. The molecule has 0 saturated heterocycles. The quantitative estimate of drug-likeness (QED) is 0.525. The summed E-state index contributed by atoms with van der Waals surface area (Å²) >= 11 is 9.17. The normalized spacial score (nSPS) is 11.4. The molecule has 0 aliphatic rings. The summed E-state index contributed by atoms with van der Waals surface area (Å²) in [6, 6.07) is 11.3. The SMILES string of the molecule is Cc1cccc2c(=O)[nH]c(CSc3nc4cc(Cl)ccc4s3)nc12. The molecule has 120 valence electrons. The van der Waals surface area contributed by atoms with Crippen LogP contribution in [0, 0.1) is 6.92 Å². The van der Waals surface area contributed by atoms with E-state index in [1.54, 1.807) is 29.2 Å². The van der Waals surface area contributed by atoms with Crippen LogP contribution in [-0.2, 0) is 5.75 Å². The highest BCUT2D eigenvalue weighted by Crippen LogP contribution is 2.32. The molecule has 0 saturated carbocycles. The molecular formula is C17H12ClN3OS2. The van der Waals surface area contributed by atoms with Crippen LogP contribution in [0.1, 0.15) is 11.4 Å². The van der Waals surface area contributed by atoms with Crippen LogP contribution >= 0.6 is 34.7 Å². The number of hydrogen-bond donors (Lipinski definition) is 1. The highest BCUT2D eigenvalue weighted by Gasteiger charge is 2.09. The van der Waals surface area contributed by atoms with Gasteiger partial charge < -0.3 is 4.98 Å². The summed E-state index contributed by atoms with van der Waals surface area (Å²) in [5, 5.41) is 1.30. The van der Waals surface area contributed by atoms with Crippen LogP contribution in [-0.4, -0.2) is 15.0 Å². The van der Waals surface area contributed by atoms with Crippen molar-refractivity contribution in [2.75, 3.05) is 0 Å². The van der Waals surface area contributed by atoms with Crippen molar-refractivity contribution < 1.29 is 0 Å². The lowest BCUT2D eigenvalue weighted by Gasteiger charge is -2.03. The molecule has 0 unspecified atom stereocenters. The zero-order valence-electron chi connectivity index (χ0n) is 12.7. The highest BCUT2D eigenvalue weighted by atomic mass is 35.5. The van der Waals surface area contributed by atoms with Crippen LogP contribution in [0.4, 0.5) is 0 Å². The first-order valence-corrected chi connectivity index (χ1v) is 9.45. The van der Waals surface area contributed by atoms with E-state index in [0.717, 1.165) is 25.6 Å². The number of aromatic amines is 1. The van der Waals surface area contributed by atoms with Crippen LogP contribution in [0.3, 0.4) is 0 Å². The maximum Gasteiger partial charge on any atom is 0.258 e. The number of benzene rings is 2. The van der Waals surface area contributed by atoms with Crippen LogP contribution in [0.2, 0.25) is 5.02 Å². The zero-order chi connectivity index (χ0) is 16.7. The lowest BCUT2D eigenvalue weighted by Crippen LogP contribution is -2.11. The van der Waals surface area contributed by atoms with E-state index in [0.29, 0.717) is 22.0 Å². The molecule has 7 heteroatoms. The molecular weight excluding hydrogens is 362 g/mol. The van der Waals surface area contributed by atoms with Crippen LogP contribution < -0.4 is 5.56 Å². The van der Waals surface area contributed by atoms with Crippen molar-refractivity contribution in [3.8, 4) is 0 Å². The third-order valence-electron chi connectivity index (χ3n) is 3.65. The first-order chi connectivity index (χ1) is 11.6. The molecule has 0 bridgehead atoms. The maximum absolute atomic E-state index is 12.2. The third kappa shape index (κ3) is 2.92. The third-order valence-corrected chi connectivity index (χ3v) is 6.08. The number of aromatic nitrogens is 3. The Balaban J connectivity index is 1.64. The minimum absolute atomic E-state index is 0.101. The maximum atomic E-state index is 12.2. The molecule has 2 aromatic carbocycles. The summed E-state index contributed by atoms with van der Waals surface area (Å²) in [7, 11) is 0. The summed E-state index contributed by atoms with van der Waals surface area (Å²) in [5.41, 5.74) is 2.55. The van der Waals surface area contributed by atoms with Gasteiger partial charge in [-0.25, -0.2) is 9.97 Å². The monoisotopic (exact) mass is 373 g/mol. The number of fused-ring (bicyclic) bond motifs is 2. The number of nitrogens with one attached hydrogen (secondary N) is 1. The van der Waals surface area contributed by atoms with Gasteiger partial charge in [0.15, 0.2) is 4.34 Å². The minimum atomic E-state index is -0.101. The topological polar surface area (TPSA) is 58.6 Å². The van der Waals surface area contributed by atoms with Gasteiger partial charge in [0.1, 0.15) is 5.82 Å². The predicted octanol–water partition coefficient (Wildman–Crippen LogP) is 4.79. The fraction of sp³-hybridized carbons (Fsp3) is 0.118. The van der Waals surface area contributed by atoms with Crippen molar-refractivity contribution >= 4 is 55.8 Å². The molecule has 0 fully saturated rings. The minimum Gasteiger partial charge on any atom is -0.309 e. The Morgan fingerprint density at radius 3 is 3.00 bits per heavy atom. The number of thiazole rings is 1. The van der Waals surface area contributed by atoms with Crippen molar-refractivity contribution in [2.24, 2.45) is 0 Å². The van der Waals surface area contributed by atoms with Crippen LogP contribution in [0.5, 0.6) is 0 Å². The number of H-pyrrole nitrogens is 1. The second-order valence-corrected chi connectivity index (χ2v) is 8.05. The average Bonchev–Trinajstić information content (AvgIpc) is 2.96. The molecule has 4 nitrogen and oxygen atoms in total. The van der Waals surface area contributed by atoms with Gasteiger partial charge in [0, 0.05) is 5.02 Å². The van der Waals surface area contributed by atoms with E-state index in [4.69, 9.17) is 11.6 Å². The number of aryl methyl sites for hydroxylation is 1.